The number of aromatic nitrogens is 6. The highest BCUT2D eigenvalue weighted by molar-refractivity contribution is 6.00. The maximum absolute atomic E-state index is 15.6. The minimum Gasteiger partial charge on any atom is -0.494 e. The maximum Gasteiger partial charge on any atom is 0.305 e. The van der Waals surface area contributed by atoms with E-state index in [1.807, 2.05) is 69.3 Å². The number of aliphatic hydroxyl groups excluding tert-OH is 3. The predicted octanol–water partition coefficient (Wildman–Crippen LogP) is 6.82. The molecule has 6 rings (SSSR count). The molecule has 2 aromatic heterocycles. The second kappa shape index (κ2) is 46.3. The molecule has 13 N–H and O–H groups in total. The van der Waals surface area contributed by atoms with E-state index in [1.54, 1.807) is 38.5 Å². The average Bonchev–Trinajstić information content (AvgIpc) is 1.42. The number of ketones is 5. The number of imidazole rings is 1. The third kappa shape index (κ3) is 30.5. The van der Waals surface area contributed by atoms with Gasteiger partial charge in [-0.15, -0.1) is 10.2 Å². The van der Waals surface area contributed by atoms with Crippen molar-refractivity contribution in [2.75, 3.05) is 19.8 Å². The Labute approximate surface area is 673 Å². The Morgan fingerprint density at radius 3 is 1.98 bits per heavy atom. The number of azide groups is 1. The number of unbranched alkanes of at least 4 members (excludes halogenated alkanes) is 3. The second-order valence-electron chi connectivity index (χ2n) is 30.7. The van der Waals surface area contributed by atoms with Crippen LogP contribution in [0.2, 0.25) is 0 Å². The lowest BCUT2D eigenvalue weighted by Gasteiger charge is -2.33. The number of hydrogen-bond donors (Lipinski definition) is 12. The molecule has 0 radical (unpaired) electrons. The van der Waals surface area contributed by atoms with Crippen molar-refractivity contribution in [3.05, 3.63) is 159 Å². The SMILES string of the molecule is CCc1cc(OCCCCN=[N+]=[N-])ccc1-c1ccc(C[C@H](CC(=O)[C@H](CC(=O)O)NC(=O)[C@H](CO)CC(=O)[C@@H](NC(=O)[C@@](C)(CC(=O)[C@@H](NC(=O)CCC(=O)[C@H](Cc2nn[nH]n2)NC(=O)C(C)(C)CC(=O)CCCCCc2cnc[nH]2)[C@@H](C)O)Cc2ccccc2F)[C@@H](C)O)C(=O)N[C@@H](CCCc2cc(C)cc(C)c2)C(N)=O)cc1. The van der Waals surface area contributed by atoms with Crippen LogP contribution < -0.4 is 37.1 Å². The van der Waals surface area contributed by atoms with Crippen molar-refractivity contribution in [2.45, 2.75) is 233 Å². The van der Waals surface area contributed by atoms with Gasteiger partial charge >= 0.3 is 5.97 Å². The summed E-state index contributed by atoms with van der Waals surface area (Å²) in [6.45, 7) is 12.1. The molecule has 0 saturated heterocycles. The van der Waals surface area contributed by atoms with E-state index in [1.165, 1.54) is 25.1 Å². The van der Waals surface area contributed by atoms with Crippen LogP contribution in [-0.2, 0) is 96.1 Å². The van der Waals surface area contributed by atoms with E-state index < -0.39 is 187 Å². The number of rotatable bonds is 54. The first-order valence-electron chi connectivity index (χ1n) is 39.1. The van der Waals surface area contributed by atoms with Crippen molar-refractivity contribution in [3.63, 3.8) is 0 Å². The lowest BCUT2D eigenvalue weighted by molar-refractivity contribution is -0.142. The molecule has 0 aliphatic carbocycles. The summed E-state index contributed by atoms with van der Waals surface area (Å²) < 4.78 is 21.6. The number of Topliss-reactive ketones (excluding diaryl/α,β-unsaturated/α-hetero) is 5. The molecule has 4 aromatic carbocycles. The molecule has 116 heavy (non-hydrogen) atoms. The number of carboxylic acid groups (broad SMARTS) is 1. The van der Waals surface area contributed by atoms with Gasteiger partial charge in [0.05, 0.1) is 67.0 Å². The second-order valence-corrected chi connectivity index (χ2v) is 30.7. The molecule has 6 aromatic rings. The van der Waals surface area contributed by atoms with Crippen molar-refractivity contribution in [3.8, 4) is 16.9 Å². The largest absolute Gasteiger partial charge is 0.494 e. The number of nitrogens with two attached hydrogens (primary N) is 1. The highest BCUT2D eigenvalue weighted by atomic mass is 19.1. The van der Waals surface area contributed by atoms with E-state index >= 15 is 4.39 Å². The number of aromatic amines is 2. The number of nitrogens with zero attached hydrogens (tertiary/aromatic N) is 7. The summed E-state index contributed by atoms with van der Waals surface area (Å²) in [5.41, 5.74) is 18.2. The summed E-state index contributed by atoms with van der Waals surface area (Å²) in [5.74, 6) is -14.4. The summed E-state index contributed by atoms with van der Waals surface area (Å²) in [6.07, 6.45) is 0.0714. The molecule has 626 valence electrons. The molecular formula is C83H110FN15O17. The van der Waals surface area contributed by atoms with Crippen LogP contribution in [0.5, 0.6) is 5.75 Å². The number of primary amides is 1. The Morgan fingerprint density at radius 1 is 0.672 bits per heavy atom. The van der Waals surface area contributed by atoms with Gasteiger partial charge in [0, 0.05) is 80.6 Å². The number of aliphatic hydroxyl groups is 3. The molecule has 0 bridgehead atoms. The van der Waals surface area contributed by atoms with Crippen LogP contribution in [-0.4, -0.2) is 184 Å². The molecule has 10 atom stereocenters. The molecule has 0 aliphatic heterocycles. The summed E-state index contributed by atoms with van der Waals surface area (Å²) in [5, 5.41) is 72.8. The van der Waals surface area contributed by atoms with Crippen LogP contribution in [0.1, 0.15) is 183 Å². The van der Waals surface area contributed by atoms with Crippen LogP contribution in [0.25, 0.3) is 21.6 Å². The summed E-state index contributed by atoms with van der Waals surface area (Å²) in [7, 11) is 0. The molecule has 33 heteroatoms. The van der Waals surface area contributed by atoms with Gasteiger partial charge in [-0.3, -0.25) is 57.5 Å². The zero-order valence-corrected chi connectivity index (χ0v) is 67.1. The van der Waals surface area contributed by atoms with Gasteiger partial charge in [-0.05, 0) is 155 Å². The number of tetrazole rings is 1. The number of aliphatic carboxylic acids is 1. The van der Waals surface area contributed by atoms with Crippen LogP contribution in [0, 0.1) is 42.3 Å². The topological polar surface area (TPSA) is 513 Å². The minimum absolute atomic E-state index is 0.0295. The van der Waals surface area contributed by atoms with Crippen molar-refractivity contribution >= 4 is 70.3 Å². The first kappa shape index (κ1) is 93.6. The summed E-state index contributed by atoms with van der Waals surface area (Å²) in [4.78, 5) is 177. The van der Waals surface area contributed by atoms with Crippen molar-refractivity contribution in [1.82, 2.24) is 57.2 Å². The molecule has 0 aliphatic rings. The third-order valence-corrected chi connectivity index (χ3v) is 20.2. The fourth-order valence-corrected chi connectivity index (χ4v) is 13.8. The van der Waals surface area contributed by atoms with E-state index in [-0.39, 0.29) is 49.3 Å². The standard InChI is InChI=1S/C83H110FN15O17/c1-9-55-38-62(116-33-16-15-32-89-97-86)28-29-63(55)56-26-24-53(25-27-56)37-58(78(112)90-65(77(85)111)23-17-18-54-35-49(2)34-50(3)36-54)39-69(105)67(42-74(109)110)91-79(113)59(47-100)40-70(106)75(51(4)101)94-81(115)83(8,43-57-19-13-14-22-64(57)84)45-71(107)76(52(5)102)93-73(108)31-30-68(104)66(41-72-95-98-99-96-72)92-80(114)82(6,7)44-61(103)21-12-10-11-20-60-46-87-48-88-60/h13-14,19,22,24-29,34-36,38,46,48,51-52,58-59,65-67,75-76,100-102H,9-12,15-18,20-21,23,30-33,37,39-45,47H2,1-8H3,(H2,85,111)(H,87,88)(H,90,112)(H,91,113)(H,92,114)(H,93,108)(H,94,115)(H,109,110)(H,95,96,98,99)/t51-,52-,58-,59+,65+,66+,67+,75+,76+,83-/m1/s1. The smallest absolute Gasteiger partial charge is 0.305 e. The van der Waals surface area contributed by atoms with E-state index in [2.05, 4.69) is 67.2 Å². The number of halogens is 1. The number of amides is 6. The van der Waals surface area contributed by atoms with Crippen LogP contribution in [0.4, 0.5) is 4.39 Å². The predicted molar refractivity (Wildman–Crippen MR) is 424 cm³/mol. The number of hydrogen-bond acceptors (Lipinski definition) is 21. The number of ether oxygens (including phenoxy) is 1. The average molecular weight is 1610 g/mol. The van der Waals surface area contributed by atoms with Gasteiger partial charge in [0.2, 0.25) is 35.4 Å². The van der Waals surface area contributed by atoms with E-state index in [0.29, 0.717) is 63.0 Å². The highest BCUT2D eigenvalue weighted by Gasteiger charge is 2.43. The number of nitrogens with one attached hydrogen (secondary N) is 7. The van der Waals surface area contributed by atoms with Gasteiger partial charge in [0.15, 0.2) is 29.0 Å². The van der Waals surface area contributed by atoms with Gasteiger partial charge in [0.1, 0.15) is 35.5 Å². The van der Waals surface area contributed by atoms with Crippen molar-refractivity contribution in [2.24, 2.45) is 33.5 Å². The van der Waals surface area contributed by atoms with Crippen LogP contribution in [0.3, 0.4) is 0 Å². The van der Waals surface area contributed by atoms with Gasteiger partial charge in [0.25, 0.3) is 0 Å². The quantitative estimate of drug-likeness (QED) is 0.00806. The Kier molecular flexibility index (Phi) is 37.4. The van der Waals surface area contributed by atoms with Crippen LogP contribution in [0.15, 0.2) is 103 Å². The number of benzene rings is 4. The zero-order valence-electron chi connectivity index (χ0n) is 67.1. The first-order chi connectivity index (χ1) is 55.1. The minimum atomic E-state index is -2.10. The number of carboxylic acids is 1. The van der Waals surface area contributed by atoms with Crippen molar-refractivity contribution in [1.29, 1.82) is 0 Å². The number of carbonyl (C=O) groups excluding carboxylic acids is 11. The fraction of sp³-hybridized carbons (Fsp3) is 0.518. The van der Waals surface area contributed by atoms with E-state index in [0.717, 1.165) is 78.3 Å². The highest BCUT2D eigenvalue weighted by Crippen LogP contribution is 2.33. The van der Waals surface area contributed by atoms with Gasteiger partial charge < -0.3 is 62.5 Å². The van der Waals surface area contributed by atoms with Gasteiger partial charge in [-0.25, -0.2) is 9.37 Å². The van der Waals surface area contributed by atoms with E-state index in [4.69, 9.17) is 16.0 Å². The van der Waals surface area contributed by atoms with Gasteiger partial charge in [-0.2, -0.15) is 5.21 Å². The monoisotopic (exact) mass is 1610 g/mol. The Bertz CT molecular complexity index is 4360. The number of carbonyl (C=O) groups is 12. The number of H-pyrrole nitrogens is 2. The Hall–Kier alpha value is -11.3. The molecule has 32 nitrogen and oxygen atoms in total. The lowest BCUT2D eigenvalue weighted by atomic mass is 9.76. The number of aryl methyl sites for hydroxylation is 5. The molecule has 6 amide bonds. The third-order valence-electron chi connectivity index (χ3n) is 20.2. The Balaban J connectivity index is 1.15. The summed E-state index contributed by atoms with van der Waals surface area (Å²) >= 11 is 0. The molecular weight excluding hydrogens is 1500 g/mol. The van der Waals surface area contributed by atoms with Crippen LogP contribution >= 0.6 is 0 Å². The lowest BCUT2D eigenvalue weighted by Crippen LogP contribution is -2.55. The Morgan fingerprint density at radius 2 is 1.35 bits per heavy atom. The fourth-order valence-electron chi connectivity index (χ4n) is 13.8. The maximum atomic E-state index is 15.6. The molecule has 0 saturated carbocycles. The normalized spacial score (nSPS) is 14.2. The first-order valence-corrected chi connectivity index (χ1v) is 39.1. The zero-order chi connectivity index (χ0) is 85.2. The molecule has 0 spiro atoms. The molecule has 0 fully saturated rings. The molecule has 2 heterocycles. The van der Waals surface area contributed by atoms with E-state index in [9.17, 15) is 78.0 Å². The summed E-state index contributed by atoms with van der Waals surface area (Å²) in [6, 6.07) is 15.8. The van der Waals surface area contributed by atoms with Gasteiger partial charge in [-0.1, -0.05) is 122 Å². The van der Waals surface area contributed by atoms with Crippen molar-refractivity contribution < 1.29 is 87.1 Å². The molecule has 0 unspecified atom stereocenters.